The highest BCUT2D eigenvalue weighted by molar-refractivity contribution is 7.15. The summed E-state index contributed by atoms with van der Waals surface area (Å²) in [5.74, 6) is 0.436. The number of hydrogen-bond acceptors (Lipinski definition) is 5. The Kier molecular flexibility index (Phi) is 4.26. The second-order valence-corrected chi connectivity index (χ2v) is 5.92. The molecule has 3 aromatic heterocycles. The maximum absolute atomic E-state index is 12.1. The van der Waals surface area contributed by atoms with Gasteiger partial charge in [-0.3, -0.25) is 9.20 Å². The first-order valence-corrected chi connectivity index (χ1v) is 7.91. The minimum atomic E-state index is -0.500. The average molecular weight is 319 g/mol. The number of fused-ring (bicyclic) bond motifs is 1. The lowest BCUT2D eigenvalue weighted by molar-refractivity contribution is -0.122. The maximum Gasteiger partial charge on any atom is 0.221 e. The van der Waals surface area contributed by atoms with Crippen LogP contribution in [-0.2, 0) is 11.2 Å². The third kappa shape index (κ3) is 3.05. The molecular weight excluding hydrogens is 302 g/mol. The van der Waals surface area contributed by atoms with E-state index in [0.717, 1.165) is 16.3 Å². The van der Waals surface area contributed by atoms with Crippen LogP contribution in [0.4, 0.5) is 0 Å². The summed E-state index contributed by atoms with van der Waals surface area (Å²) in [6.07, 6.45) is 4.46. The monoisotopic (exact) mass is 319 g/mol. The molecule has 0 fully saturated rings. The van der Waals surface area contributed by atoms with Gasteiger partial charge in [0.2, 0.25) is 5.91 Å². The van der Waals surface area contributed by atoms with Gasteiger partial charge in [-0.25, -0.2) is 4.98 Å². The normalized spacial score (nSPS) is 12.6. The smallest absolute Gasteiger partial charge is 0.221 e. The van der Waals surface area contributed by atoms with Crippen molar-refractivity contribution < 1.29 is 14.3 Å². The molecule has 7 heteroatoms. The van der Waals surface area contributed by atoms with Gasteiger partial charge in [0.25, 0.3) is 0 Å². The van der Waals surface area contributed by atoms with Crippen molar-refractivity contribution in [1.82, 2.24) is 14.7 Å². The lowest BCUT2D eigenvalue weighted by Gasteiger charge is -2.13. The molecule has 0 aliphatic heterocycles. The molecule has 22 heavy (non-hydrogen) atoms. The summed E-state index contributed by atoms with van der Waals surface area (Å²) in [6, 6.07) is 2.96. The lowest BCUT2D eigenvalue weighted by atomic mass is 10.2. The molecule has 0 saturated carbocycles. The summed E-state index contributed by atoms with van der Waals surface area (Å²) in [5, 5.41) is 14.2. The number of amides is 1. The number of thiazole rings is 1. The highest BCUT2D eigenvalue weighted by Crippen LogP contribution is 2.18. The van der Waals surface area contributed by atoms with Crippen LogP contribution in [0, 0.1) is 6.92 Å². The van der Waals surface area contributed by atoms with Gasteiger partial charge < -0.3 is 14.8 Å². The van der Waals surface area contributed by atoms with Gasteiger partial charge >= 0.3 is 0 Å². The third-order valence-electron chi connectivity index (χ3n) is 3.42. The van der Waals surface area contributed by atoms with Gasteiger partial charge in [0.15, 0.2) is 4.96 Å². The molecule has 0 radical (unpaired) electrons. The molecule has 0 bridgehead atoms. The van der Waals surface area contributed by atoms with Gasteiger partial charge in [-0.1, -0.05) is 0 Å². The van der Waals surface area contributed by atoms with Gasteiger partial charge in [-0.2, -0.15) is 0 Å². The summed E-state index contributed by atoms with van der Waals surface area (Å²) in [4.78, 5) is 17.4. The minimum Gasteiger partial charge on any atom is -0.467 e. The summed E-state index contributed by atoms with van der Waals surface area (Å²) >= 11 is 1.57. The van der Waals surface area contributed by atoms with Gasteiger partial charge in [0.05, 0.1) is 18.6 Å². The van der Waals surface area contributed by atoms with Crippen molar-refractivity contribution in [2.24, 2.45) is 0 Å². The van der Waals surface area contributed by atoms with E-state index < -0.39 is 6.04 Å². The van der Waals surface area contributed by atoms with E-state index in [0.29, 0.717) is 18.6 Å². The maximum atomic E-state index is 12.1. The Balaban J connectivity index is 1.60. The van der Waals surface area contributed by atoms with Crippen LogP contribution in [0.1, 0.15) is 29.6 Å². The van der Waals surface area contributed by atoms with Crippen LogP contribution in [0.25, 0.3) is 4.96 Å². The van der Waals surface area contributed by atoms with Crippen LogP contribution in [-0.4, -0.2) is 27.0 Å². The quantitative estimate of drug-likeness (QED) is 0.729. The largest absolute Gasteiger partial charge is 0.467 e. The first-order valence-electron chi connectivity index (χ1n) is 7.03. The first-order chi connectivity index (χ1) is 10.7. The number of aryl methyl sites for hydroxylation is 2. The van der Waals surface area contributed by atoms with E-state index in [9.17, 15) is 9.90 Å². The van der Waals surface area contributed by atoms with Crippen molar-refractivity contribution in [3.05, 3.63) is 47.1 Å². The highest BCUT2D eigenvalue weighted by atomic mass is 32.1. The van der Waals surface area contributed by atoms with Crippen molar-refractivity contribution in [1.29, 1.82) is 0 Å². The molecule has 3 heterocycles. The van der Waals surface area contributed by atoms with Crippen molar-refractivity contribution in [3.63, 3.8) is 0 Å². The van der Waals surface area contributed by atoms with E-state index >= 15 is 0 Å². The number of aromatic nitrogens is 2. The van der Waals surface area contributed by atoms with Crippen molar-refractivity contribution in [2.45, 2.75) is 25.8 Å². The van der Waals surface area contributed by atoms with E-state index in [2.05, 4.69) is 10.3 Å². The van der Waals surface area contributed by atoms with E-state index in [4.69, 9.17) is 4.42 Å². The van der Waals surface area contributed by atoms with Gasteiger partial charge in [0, 0.05) is 23.7 Å². The molecular formula is C15H17N3O3S. The van der Waals surface area contributed by atoms with E-state index in [1.54, 1.807) is 23.5 Å². The summed E-state index contributed by atoms with van der Waals surface area (Å²) in [6.45, 7) is 1.76. The number of carbonyl (C=O) groups excluding carboxylic acids is 1. The number of nitrogens with zero attached hydrogens (tertiary/aromatic N) is 2. The number of imidazole rings is 1. The Morgan fingerprint density at radius 1 is 1.59 bits per heavy atom. The van der Waals surface area contributed by atoms with E-state index in [1.807, 2.05) is 22.9 Å². The zero-order chi connectivity index (χ0) is 15.5. The van der Waals surface area contributed by atoms with Crippen LogP contribution in [0.5, 0.6) is 0 Å². The Bertz CT molecular complexity index is 760. The fraction of sp³-hybridized carbons (Fsp3) is 0.333. The molecule has 2 N–H and O–H groups in total. The predicted molar refractivity (Wildman–Crippen MR) is 82.8 cm³/mol. The van der Waals surface area contributed by atoms with Gasteiger partial charge in [0.1, 0.15) is 11.8 Å². The average Bonchev–Trinajstić information content (AvgIpc) is 3.20. The summed E-state index contributed by atoms with van der Waals surface area (Å²) in [7, 11) is 0. The van der Waals surface area contributed by atoms with Crippen LogP contribution >= 0.6 is 11.3 Å². The summed E-state index contributed by atoms with van der Waals surface area (Å²) < 4.78 is 7.23. The Morgan fingerprint density at radius 2 is 2.45 bits per heavy atom. The molecule has 1 atom stereocenters. The molecule has 0 saturated heterocycles. The molecule has 0 aliphatic carbocycles. The molecule has 1 unspecified atom stereocenters. The Morgan fingerprint density at radius 3 is 3.18 bits per heavy atom. The molecule has 116 valence electrons. The van der Waals surface area contributed by atoms with E-state index in [1.165, 1.54) is 6.26 Å². The van der Waals surface area contributed by atoms with Crippen LogP contribution in [0.15, 0.2) is 34.4 Å². The molecule has 1 amide bonds. The third-order valence-corrected chi connectivity index (χ3v) is 4.31. The Labute approximate surface area is 131 Å². The van der Waals surface area contributed by atoms with E-state index in [-0.39, 0.29) is 12.5 Å². The SMILES string of the molecule is Cc1cn2c(CCC(=O)NC(CO)c3ccco3)csc2n1. The van der Waals surface area contributed by atoms with Crippen LogP contribution in [0.3, 0.4) is 0 Å². The number of aliphatic hydroxyl groups excluding tert-OH is 1. The van der Waals surface area contributed by atoms with Crippen molar-refractivity contribution in [2.75, 3.05) is 6.61 Å². The number of aliphatic hydroxyl groups is 1. The van der Waals surface area contributed by atoms with Gasteiger partial charge in [-0.15, -0.1) is 11.3 Å². The molecule has 0 spiro atoms. The summed E-state index contributed by atoms with van der Waals surface area (Å²) in [5.41, 5.74) is 2.03. The number of nitrogens with one attached hydrogen (secondary N) is 1. The Hall–Kier alpha value is -2.12. The fourth-order valence-electron chi connectivity index (χ4n) is 2.33. The number of rotatable bonds is 6. The highest BCUT2D eigenvalue weighted by Gasteiger charge is 2.16. The second-order valence-electron chi connectivity index (χ2n) is 5.08. The standard InChI is InChI=1S/C15H17N3O3S/c1-10-7-18-11(9-22-15(18)16-10)4-5-14(20)17-12(8-19)13-3-2-6-21-13/h2-3,6-7,9,12,19H,4-5,8H2,1H3,(H,17,20). The molecule has 6 nitrogen and oxygen atoms in total. The fourth-order valence-corrected chi connectivity index (χ4v) is 3.28. The zero-order valence-corrected chi connectivity index (χ0v) is 13.0. The number of hydrogen-bond donors (Lipinski definition) is 2. The minimum absolute atomic E-state index is 0.119. The van der Waals surface area contributed by atoms with Crippen LogP contribution < -0.4 is 5.32 Å². The second kappa shape index (κ2) is 6.33. The molecule has 0 aliphatic rings. The topological polar surface area (TPSA) is 79.8 Å². The zero-order valence-electron chi connectivity index (χ0n) is 12.2. The molecule has 3 rings (SSSR count). The van der Waals surface area contributed by atoms with Gasteiger partial charge in [-0.05, 0) is 25.5 Å². The van der Waals surface area contributed by atoms with Crippen molar-refractivity contribution >= 4 is 22.2 Å². The van der Waals surface area contributed by atoms with Crippen molar-refractivity contribution in [3.8, 4) is 0 Å². The predicted octanol–water partition coefficient (Wildman–Crippen LogP) is 2.08. The van der Waals surface area contributed by atoms with Crippen LogP contribution in [0.2, 0.25) is 0 Å². The molecule has 0 aromatic carbocycles. The first kappa shape index (κ1) is 14.8. The molecule has 3 aromatic rings. The number of furan rings is 1. The lowest BCUT2D eigenvalue weighted by Crippen LogP contribution is -2.30. The number of carbonyl (C=O) groups is 1.